The number of carbonyl (C=O) groups excluding carboxylic acids is 3. The number of Topliss-reactive ketones (excluding diaryl/α,β-unsaturated/α-hetero) is 2. The van der Waals surface area contributed by atoms with Crippen LogP contribution in [0.5, 0.6) is 5.75 Å². The number of hydrogen-bond acceptors (Lipinski definition) is 10. The predicted octanol–water partition coefficient (Wildman–Crippen LogP) is 0.675. The van der Waals surface area contributed by atoms with Crippen molar-refractivity contribution in [1.29, 1.82) is 0 Å². The zero-order valence-corrected chi connectivity index (χ0v) is 22.3. The molecule has 7 N–H and O–H groups in total. The molecule has 0 aromatic heterocycles. The van der Waals surface area contributed by atoms with Crippen LogP contribution in [0.15, 0.2) is 23.0 Å². The second-order valence-electron chi connectivity index (χ2n) is 11.3. The summed E-state index contributed by atoms with van der Waals surface area (Å²) in [6, 6.07) is 1.57. The summed E-state index contributed by atoms with van der Waals surface area (Å²) in [5.74, 6) is -6.26. The zero-order valence-electron chi connectivity index (χ0n) is 22.3. The highest BCUT2D eigenvalue weighted by atomic mass is 16.3. The summed E-state index contributed by atoms with van der Waals surface area (Å²) in [4.78, 5) is 42.4. The van der Waals surface area contributed by atoms with E-state index < -0.39 is 52.0 Å². The molecule has 3 aliphatic carbocycles. The van der Waals surface area contributed by atoms with Gasteiger partial charge in [0.1, 0.15) is 22.8 Å². The SMILES string of the molecule is CN(C)c1c(CNCCN2CCCC2)cc(O)c2c1CC1C[C@H]3CC(=O)C(C(N)=O)=C(O)[C@@]3(O)C(=O)C1=C2O. The normalized spacial score (nSPS) is 26.9. The molecule has 11 heteroatoms. The van der Waals surface area contributed by atoms with E-state index in [1.807, 2.05) is 19.0 Å². The Hall–Kier alpha value is -3.41. The van der Waals surface area contributed by atoms with E-state index in [0.29, 0.717) is 12.1 Å². The van der Waals surface area contributed by atoms with Crippen LogP contribution in [0, 0.1) is 11.8 Å². The van der Waals surface area contributed by atoms with Crippen molar-refractivity contribution in [3.8, 4) is 5.75 Å². The van der Waals surface area contributed by atoms with Crippen molar-refractivity contribution in [3.63, 3.8) is 0 Å². The van der Waals surface area contributed by atoms with Crippen LogP contribution in [0.1, 0.15) is 42.4 Å². The number of aromatic hydroxyl groups is 1. The predicted molar refractivity (Wildman–Crippen MR) is 143 cm³/mol. The molecule has 1 amide bonds. The minimum atomic E-state index is -2.56. The van der Waals surface area contributed by atoms with Crippen LogP contribution < -0.4 is 16.0 Å². The Morgan fingerprint density at radius 3 is 2.51 bits per heavy atom. The number of nitrogens with two attached hydrogens (primary N) is 1. The van der Waals surface area contributed by atoms with Crippen LogP contribution in [0.3, 0.4) is 0 Å². The van der Waals surface area contributed by atoms with Gasteiger partial charge in [-0.05, 0) is 61.9 Å². The van der Waals surface area contributed by atoms with Crippen molar-refractivity contribution in [2.75, 3.05) is 45.2 Å². The molecular formula is C28H36N4O7. The van der Waals surface area contributed by atoms with Crippen LogP contribution in [-0.4, -0.2) is 88.7 Å². The third-order valence-electron chi connectivity index (χ3n) is 8.68. The number of hydrogen-bond donors (Lipinski definition) is 6. The van der Waals surface area contributed by atoms with Gasteiger partial charge in [-0.15, -0.1) is 0 Å². The Labute approximate surface area is 226 Å². The highest BCUT2D eigenvalue weighted by Crippen LogP contribution is 2.53. The number of nitrogens with one attached hydrogen (secondary N) is 1. The van der Waals surface area contributed by atoms with E-state index in [1.165, 1.54) is 12.8 Å². The summed E-state index contributed by atoms with van der Waals surface area (Å²) in [7, 11) is 3.74. The van der Waals surface area contributed by atoms with Crippen LogP contribution in [0.2, 0.25) is 0 Å². The summed E-state index contributed by atoms with van der Waals surface area (Å²) in [6.07, 6.45) is 2.49. The third kappa shape index (κ3) is 4.29. The highest BCUT2D eigenvalue weighted by molar-refractivity contribution is 6.22. The van der Waals surface area contributed by atoms with Crippen molar-refractivity contribution >= 4 is 28.9 Å². The summed E-state index contributed by atoms with van der Waals surface area (Å²) in [6.45, 7) is 4.44. The van der Waals surface area contributed by atoms with Crippen LogP contribution in [-0.2, 0) is 27.3 Å². The maximum absolute atomic E-state index is 13.7. The van der Waals surface area contributed by atoms with E-state index in [4.69, 9.17) is 5.73 Å². The molecular weight excluding hydrogens is 504 g/mol. The molecule has 1 unspecified atom stereocenters. The van der Waals surface area contributed by atoms with Gasteiger partial charge in [-0.25, -0.2) is 0 Å². The number of likely N-dealkylation sites (tertiary alicyclic amines) is 1. The van der Waals surface area contributed by atoms with E-state index in [0.717, 1.165) is 37.4 Å². The summed E-state index contributed by atoms with van der Waals surface area (Å²) < 4.78 is 0. The Balaban J connectivity index is 1.52. The van der Waals surface area contributed by atoms with Gasteiger partial charge < -0.3 is 41.3 Å². The fraction of sp³-hybridized carbons (Fsp3) is 0.536. The highest BCUT2D eigenvalue weighted by Gasteiger charge is 2.60. The van der Waals surface area contributed by atoms with Gasteiger partial charge in [0, 0.05) is 57.3 Å². The first-order chi connectivity index (χ1) is 18.5. The minimum absolute atomic E-state index is 0.103. The Kier molecular flexibility index (Phi) is 6.94. The summed E-state index contributed by atoms with van der Waals surface area (Å²) in [5.41, 5.74) is 4.18. The molecule has 210 valence electrons. The molecule has 1 saturated carbocycles. The third-order valence-corrected chi connectivity index (χ3v) is 8.68. The Morgan fingerprint density at radius 2 is 1.87 bits per heavy atom. The van der Waals surface area contributed by atoms with Gasteiger partial charge in [-0.3, -0.25) is 14.4 Å². The molecule has 11 nitrogen and oxygen atoms in total. The van der Waals surface area contributed by atoms with Gasteiger partial charge in [-0.2, -0.15) is 0 Å². The molecule has 0 spiro atoms. The number of ketones is 2. The number of phenolic OH excluding ortho intramolecular Hbond substituents is 1. The van der Waals surface area contributed by atoms with E-state index >= 15 is 0 Å². The lowest BCUT2D eigenvalue weighted by atomic mass is 9.59. The number of nitrogens with zero attached hydrogens (tertiary/aromatic N) is 2. The molecule has 2 fully saturated rings. The standard InChI is InChI=1S/C28H36N4O7/c1-31(2)23-15(13-30-5-8-32-6-3-4-7-32)11-18(33)21-17(23)10-14-9-16-12-19(34)22(27(29)38)26(37)28(16,39)25(36)20(14)24(21)35/h11,14,16,30,33,35,37,39H,3-10,12-13H2,1-2H3,(H2,29,38)/t14?,16-,28-/m0/s1. The first-order valence-electron chi connectivity index (χ1n) is 13.4. The number of primary amides is 1. The van der Waals surface area contributed by atoms with E-state index in [-0.39, 0.29) is 36.1 Å². The van der Waals surface area contributed by atoms with Crippen LogP contribution in [0.25, 0.3) is 5.76 Å². The Bertz CT molecular complexity index is 1310. The van der Waals surface area contributed by atoms with Crippen LogP contribution >= 0.6 is 0 Å². The number of carbonyl (C=O) groups is 3. The molecule has 4 aliphatic rings. The molecule has 39 heavy (non-hydrogen) atoms. The molecule has 1 heterocycles. The lowest BCUT2D eigenvalue weighted by molar-refractivity contribution is -0.147. The monoisotopic (exact) mass is 540 g/mol. The van der Waals surface area contributed by atoms with Crippen molar-refractivity contribution in [2.24, 2.45) is 17.6 Å². The minimum Gasteiger partial charge on any atom is -0.508 e. The molecule has 1 aromatic rings. The molecule has 0 bridgehead atoms. The number of amides is 1. The Morgan fingerprint density at radius 1 is 1.18 bits per heavy atom. The molecule has 1 aliphatic heterocycles. The van der Waals surface area contributed by atoms with Gasteiger partial charge in [0.05, 0.1) is 5.56 Å². The van der Waals surface area contributed by atoms with Crippen molar-refractivity contribution in [1.82, 2.24) is 10.2 Å². The van der Waals surface area contributed by atoms with Gasteiger partial charge >= 0.3 is 0 Å². The second kappa shape index (κ2) is 9.96. The van der Waals surface area contributed by atoms with Gasteiger partial charge in [0.15, 0.2) is 11.4 Å². The molecule has 1 aromatic carbocycles. The largest absolute Gasteiger partial charge is 0.508 e. The fourth-order valence-corrected chi connectivity index (χ4v) is 6.90. The number of benzene rings is 1. The van der Waals surface area contributed by atoms with E-state index in [2.05, 4.69) is 10.2 Å². The number of rotatable bonds is 7. The van der Waals surface area contributed by atoms with Crippen molar-refractivity contribution in [2.45, 2.75) is 44.2 Å². The fourth-order valence-electron chi connectivity index (χ4n) is 6.90. The van der Waals surface area contributed by atoms with Gasteiger partial charge in [0.2, 0.25) is 5.78 Å². The number of aliphatic hydroxyl groups excluding tert-OH is 2. The van der Waals surface area contributed by atoms with Gasteiger partial charge in [0.25, 0.3) is 5.91 Å². The molecule has 3 atom stereocenters. The topological polar surface area (TPSA) is 177 Å². The number of phenols is 1. The smallest absolute Gasteiger partial charge is 0.255 e. The number of aliphatic hydroxyl groups is 3. The lowest BCUT2D eigenvalue weighted by Gasteiger charge is -2.46. The van der Waals surface area contributed by atoms with Gasteiger partial charge in [-0.1, -0.05) is 0 Å². The average Bonchev–Trinajstić information content (AvgIpc) is 3.37. The zero-order chi connectivity index (χ0) is 28.2. The maximum atomic E-state index is 13.7. The summed E-state index contributed by atoms with van der Waals surface area (Å²) >= 11 is 0. The first-order valence-corrected chi connectivity index (χ1v) is 13.4. The molecule has 1 saturated heterocycles. The lowest BCUT2D eigenvalue weighted by Crippen LogP contribution is -2.58. The average molecular weight is 541 g/mol. The first kappa shape index (κ1) is 27.2. The number of anilines is 1. The maximum Gasteiger partial charge on any atom is 0.255 e. The van der Waals surface area contributed by atoms with E-state index in [9.17, 15) is 34.8 Å². The van der Waals surface area contributed by atoms with Crippen LogP contribution in [0.4, 0.5) is 5.69 Å². The van der Waals surface area contributed by atoms with E-state index in [1.54, 1.807) is 6.07 Å². The number of fused-ring (bicyclic) bond motifs is 3. The summed E-state index contributed by atoms with van der Waals surface area (Å²) in [5, 5.41) is 47.9. The second-order valence-corrected chi connectivity index (χ2v) is 11.3. The molecule has 0 radical (unpaired) electrons. The van der Waals surface area contributed by atoms with Crippen molar-refractivity contribution < 1.29 is 34.8 Å². The quantitative estimate of drug-likeness (QED) is 0.213. The molecule has 5 rings (SSSR count). The van der Waals surface area contributed by atoms with Crippen molar-refractivity contribution in [3.05, 3.63) is 39.7 Å².